The van der Waals surface area contributed by atoms with Gasteiger partial charge in [0.1, 0.15) is 0 Å². The summed E-state index contributed by atoms with van der Waals surface area (Å²) in [5, 5.41) is 17.6. The van der Waals surface area contributed by atoms with Gasteiger partial charge in [0, 0.05) is 19.1 Å². The molecule has 6 nitrogen and oxygen atoms in total. The fourth-order valence-corrected chi connectivity index (χ4v) is 2.79. The Morgan fingerprint density at radius 2 is 2.24 bits per heavy atom. The first-order valence-corrected chi connectivity index (χ1v) is 7.86. The summed E-state index contributed by atoms with van der Waals surface area (Å²) in [6.45, 7) is 7.62. The zero-order valence-electron chi connectivity index (χ0n) is 13.2. The van der Waals surface area contributed by atoms with Gasteiger partial charge in [-0.25, -0.2) is 0 Å². The van der Waals surface area contributed by atoms with Crippen molar-refractivity contribution in [1.82, 2.24) is 19.9 Å². The molecule has 2 rings (SSSR count). The van der Waals surface area contributed by atoms with Crippen LogP contribution in [0.5, 0.6) is 0 Å². The van der Waals surface area contributed by atoms with Crippen molar-refractivity contribution in [1.29, 1.82) is 0 Å². The van der Waals surface area contributed by atoms with Gasteiger partial charge in [-0.3, -0.25) is 9.48 Å². The fourth-order valence-electron chi connectivity index (χ4n) is 2.79. The van der Waals surface area contributed by atoms with Crippen LogP contribution in [0, 0.1) is 5.92 Å². The van der Waals surface area contributed by atoms with Gasteiger partial charge in [-0.05, 0) is 38.5 Å². The molecule has 6 heteroatoms. The van der Waals surface area contributed by atoms with E-state index in [0.29, 0.717) is 18.0 Å². The number of hydrogen-bond donors (Lipinski definition) is 1. The zero-order chi connectivity index (χ0) is 15.4. The third-order valence-corrected chi connectivity index (χ3v) is 3.94. The molecule has 1 aliphatic rings. The zero-order valence-corrected chi connectivity index (χ0v) is 13.2. The first-order chi connectivity index (χ1) is 9.97. The number of rotatable bonds is 6. The molecule has 1 saturated heterocycles. The van der Waals surface area contributed by atoms with Crippen LogP contribution in [0.4, 0.5) is 0 Å². The lowest BCUT2D eigenvalue weighted by molar-refractivity contribution is 0.0676. The van der Waals surface area contributed by atoms with E-state index in [4.69, 9.17) is 0 Å². The van der Waals surface area contributed by atoms with Crippen LogP contribution < -0.4 is 0 Å². The summed E-state index contributed by atoms with van der Waals surface area (Å²) in [6.07, 6.45) is 4.95. The second kappa shape index (κ2) is 7.02. The average Bonchev–Trinajstić information content (AvgIpc) is 3.03. The molecule has 2 heterocycles. The van der Waals surface area contributed by atoms with Crippen molar-refractivity contribution >= 4 is 5.91 Å². The lowest BCUT2D eigenvalue weighted by Gasteiger charge is -2.24. The topological polar surface area (TPSA) is 71.2 Å². The molecular weight excluding hydrogens is 268 g/mol. The van der Waals surface area contributed by atoms with Gasteiger partial charge in [-0.1, -0.05) is 19.1 Å². The molecule has 1 amide bonds. The largest absolute Gasteiger partial charge is 0.393 e. The quantitative estimate of drug-likeness (QED) is 0.867. The Morgan fingerprint density at radius 1 is 1.48 bits per heavy atom. The lowest BCUT2D eigenvalue weighted by Crippen LogP contribution is -2.37. The van der Waals surface area contributed by atoms with E-state index in [1.807, 2.05) is 4.90 Å². The Hall–Kier alpha value is -1.43. The molecule has 118 valence electrons. The molecule has 1 fully saturated rings. The molecule has 1 aromatic heterocycles. The molecule has 1 N–H and O–H groups in total. The van der Waals surface area contributed by atoms with E-state index < -0.39 is 0 Å². The van der Waals surface area contributed by atoms with Crippen molar-refractivity contribution < 1.29 is 9.90 Å². The molecule has 1 aromatic rings. The molecule has 21 heavy (non-hydrogen) atoms. The number of carbonyl (C=O) groups is 1. The summed E-state index contributed by atoms with van der Waals surface area (Å²) in [5.74, 6) is 0.538. The van der Waals surface area contributed by atoms with Crippen molar-refractivity contribution in [2.75, 3.05) is 6.54 Å². The maximum Gasteiger partial charge on any atom is 0.276 e. The van der Waals surface area contributed by atoms with E-state index in [2.05, 4.69) is 24.2 Å². The van der Waals surface area contributed by atoms with Gasteiger partial charge in [0.25, 0.3) is 5.91 Å². The number of aliphatic hydroxyl groups excluding tert-OH is 1. The SMILES string of the molecule is CC(C)CCn1cc(C(=O)N2CCCC2CC(C)O)nn1. The van der Waals surface area contributed by atoms with Gasteiger partial charge in [-0.15, -0.1) is 5.10 Å². The molecular formula is C15H26N4O2. The monoisotopic (exact) mass is 294 g/mol. The van der Waals surface area contributed by atoms with E-state index in [1.54, 1.807) is 17.8 Å². The molecule has 1 aliphatic heterocycles. The Bertz CT molecular complexity index is 470. The number of aliphatic hydroxyl groups is 1. The molecule has 0 radical (unpaired) electrons. The predicted molar refractivity (Wildman–Crippen MR) is 79.8 cm³/mol. The summed E-state index contributed by atoms with van der Waals surface area (Å²) in [5.41, 5.74) is 0.413. The van der Waals surface area contributed by atoms with Gasteiger partial charge in [0.15, 0.2) is 5.69 Å². The smallest absolute Gasteiger partial charge is 0.276 e. The van der Waals surface area contributed by atoms with Gasteiger partial charge >= 0.3 is 0 Å². The minimum Gasteiger partial charge on any atom is -0.393 e. The average molecular weight is 294 g/mol. The van der Waals surface area contributed by atoms with E-state index in [-0.39, 0.29) is 18.1 Å². The van der Waals surface area contributed by atoms with Crippen LogP contribution in [0.25, 0.3) is 0 Å². The number of aromatic nitrogens is 3. The summed E-state index contributed by atoms with van der Waals surface area (Å²) < 4.78 is 1.74. The Balaban J connectivity index is 1.99. The van der Waals surface area contributed by atoms with Crippen LogP contribution in [0.15, 0.2) is 6.20 Å². The second-order valence-electron chi connectivity index (χ2n) is 6.43. The summed E-state index contributed by atoms with van der Waals surface area (Å²) in [4.78, 5) is 14.4. The maximum absolute atomic E-state index is 12.5. The maximum atomic E-state index is 12.5. The third kappa shape index (κ3) is 4.27. The van der Waals surface area contributed by atoms with E-state index in [9.17, 15) is 9.90 Å². The Kier molecular flexibility index (Phi) is 5.33. The summed E-state index contributed by atoms with van der Waals surface area (Å²) >= 11 is 0. The number of hydrogen-bond acceptors (Lipinski definition) is 4. The Morgan fingerprint density at radius 3 is 2.90 bits per heavy atom. The van der Waals surface area contributed by atoms with Crippen molar-refractivity contribution in [2.45, 2.75) is 65.1 Å². The van der Waals surface area contributed by atoms with Crippen LogP contribution in [0.2, 0.25) is 0 Å². The van der Waals surface area contributed by atoms with Gasteiger partial charge < -0.3 is 10.0 Å². The molecule has 0 aliphatic carbocycles. The summed E-state index contributed by atoms with van der Waals surface area (Å²) in [6, 6.07) is 0.123. The van der Waals surface area contributed by atoms with Gasteiger partial charge in [0.2, 0.25) is 0 Å². The van der Waals surface area contributed by atoms with Crippen molar-refractivity contribution in [3.63, 3.8) is 0 Å². The highest BCUT2D eigenvalue weighted by atomic mass is 16.3. The normalized spacial score (nSPS) is 20.2. The minimum atomic E-state index is -0.384. The fraction of sp³-hybridized carbons (Fsp3) is 0.800. The standard InChI is InChI=1S/C15H26N4O2/c1-11(2)6-8-18-10-14(16-17-18)15(21)19-7-4-5-13(19)9-12(3)20/h10-13,20H,4-9H2,1-3H3. The molecule has 0 aromatic carbocycles. The van der Waals surface area contributed by atoms with Crippen molar-refractivity contribution in [3.8, 4) is 0 Å². The molecule has 0 bridgehead atoms. The number of aryl methyl sites for hydroxylation is 1. The molecule has 2 unspecified atom stereocenters. The van der Waals surface area contributed by atoms with Crippen molar-refractivity contribution in [3.05, 3.63) is 11.9 Å². The van der Waals surface area contributed by atoms with Crippen LogP contribution in [0.1, 0.15) is 56.9 Å². The Labute approximate surface area is 126 Å². The minimum absolute atomic E-state index is 0.0612. The lowest BCUT2D eigenvalue weighted by atomic mass is 10.1. The van der Waals surface area contributed by atoms with Crippen LogP contribution in [-0.4, -0.2) is 49.6 Å². The van der Waals surface area contributed by atoms with Crippen molar-refractivity contribution in [2.24, 2.45) is 5.92 Å². The highest BCUT2D eigenvalue weighted by Gasteiger charge is 2.31. The third-order valence-electron chi connectivity index (χ3n) is 3.94. The first-order valence-electron chi connectivity index (χ1n) is 7.86. The van der Waals surface area contributed by atoms with Crippen LogP contribution in [-0.2, 0) is 6.54 Å². The van der Waals surface area contributed by atoms with E-state index >= 15 is 0 Å². The highest BCUT2D eigenvalue weighted by Crippen LogP contribution is 2.23. The summed E-state index contributed by atoms with van der Waals surface area (Å²) in [7, 11) is 0. The van der Waals surface area contributed by atoms with Gasteiger partial charge in [-0.2, -0.15) is 0 Å². The van der Waals surface area contributed by atoms with Crippen LogP contribution in [0.3, 0.4) is 0 Å². The molecule has 0 spiro atoms. The number of carbonyl (C=O) groups excluding carboxylic acids is 1. The first kappa shape index (κ1) is 15.9. The predicted octanol–water partition coefficient (Wildman–Crippen LogP) is 1.70. The highest BCUT2D eigenvalue weighted by molar-refractivity contribution is 5.92. The number of likely N-dealkylation sites (tertiary alicyclic amines) is 1. The second-order valence-corrected chi connectivity index (χ2v) is 6.43. The van der Waals surface area contributed by atoms with E-state index in [1.165, 1.54) is 0 Å². The number of nitrogens with zero attached hydrogens (tertiary/aromatic N) is 4. The molecule has 0 saturated carbocycles. The van der Waals surface area contributed by atoms with Crippen LogP contribution >= 0.6 is 0 Å². The molecule has 2 atom stereocenters. The number of amides is 1. The van der Waals surface area contributed by atoms with E-state index in [0.717, 1.165) is 32.4 Å². The van der Waals surface area contributed by atoms with Gasteiger partial charge in [0.05, 0.1) is 12.3 Å².